The highest BCUT2D eigenvalue weighted by molar-refractivity contribution is 5.81. The number of hydrogen-bond acceptors (Lipinski definition) is 5. The minimum Gasteiger partial charge on any atom is -0.479 e. The van der Waals surface area contributed by atoms with E-state index in [1.165, 1.54) is 7.11 Å². The van der Waals surface area contributed by atoms with E-state index in [-0.39, 0.29) is 31.4 Å². The number of carbonyl (C=O) groups excluding carboxylic acids is 2. The summed E-state index contributed by atoms with van der Waals surface area (Å²) in [4.78, 5) is 35.7. The van der Waals surface area contributed by atoms with E-state index in [1.54, 1.807) is 0 Å². The second kappa shape index (κ2) is 9.00. The molecule has 1 fully saturated rings. The number of amides is 2. The van der Waals surface area contributed by atoms with Crippen LogP contribution in [0.25, 0.3) is 11.1 Å². The highest BCUT2D eigenvalue weighted by Crippen LogP contribution is 2.44. The van der Waals surface area contributed by atoms with Crippen molar-refractivity contribution in [2.75, 3.05) is 20.3 Å². The van der Waals surface area contributed by atoms with Crippen molar-refractivity contribution >= 4 is 18.0 Å². The zero-order valence-electron chi connectivity index (χ0n) is 17.8. The number of benzene rings is 2. The number of carboxylic acid groups (broad SMARTS) is 1. The second-order valence-electron chi connectivity index (χ2n) is 8.27. The van der Waals surface area contributed by atoms with Crippen LogP contribution < -0.4 is 10.6 Å². The van der Waals surface area contributed by atoms with Crippen LogP contribution in [0.15, 0.2) is 48.5 Å². The van der Waals surface area contributed by atoms with Crippen molar-refractivity contribution in [3.05, 3.63) is 59.7 Å². The fourth-order valence-electron chi connectivity index (χ4n) is 4.20. The number of methoxy groups -OCH3 is 1. The Labute approximate surface area is 185 Å². The van der Waals surface area contributed by atoms with Crippen LogP contribution in [0.5, 0.6) is 0 Å². The van der Waals surface area contributed by atoms with E-state index in [0.717, 1.165) is 22.3 Å². The van der Waals surface area contributed by atoms with Crippen molar-refractivity contribution in [1.29, 1.82) is 0 Å². The summed E-state index contributed by atoms with van der Waals surface area (Å²) in [6.07, 6.45) is -0.275. The summed E-state index contributed by atoms with van der Waals surface area (Å²) in [5.74, 6) is -1.52. The summed E-state index contributed by atoms with van der Waals surface area (Å²) < 4.78 is 10.4. The van der Waals surface area contributed by atoms with Gasteiger partial charge in [0.05, 0.1) is 12.1 Å². The molecule has 1 unspecified atom stereocenters. The molecule has 0 radical (unpaired) electrons. The molecule has 1 saturated carbocycles. The lowest BCUT2D eigenvalue weighted by Crippen LogP contribution is -2.44. The number of alkyl carbamates (subject to hydrolysis) is 1. The molecule has 8 heteroatoms. The average Bonchev–Trinajstić information content (AvgIpc) is 3.44. The SMILES string of the molecule is COC(CNC(=O)CC1(NC(=O)OCC2c3ccccc3-c3ccccc32)CC1)C(=O)O. The van der Waals surface area contributed by atoms with Crippen LogP contribution in [-0.2, 0) is 19.1 Å². The van der Waals surface area contributed by atoms with E-state index >= 15 is 0 Å². The van der Waals surface area contributed by atoms with Crippen molar-refractivity contribution in [2.24, 2.45) is 0 Å². The number of ether oxygens (including phenoxy) is 2. The zero-order valence-corrected chi connectivity index (χ0v) is 17.8. The first-order valence-electron chi connectivity index (χ1n) is 10.6. The van der Waals surface area contributed by atoms with Gasteiger partial charge in [0.2, 0.25) is 5.91 Å². The van der Waals surface area contributed by atoms with Crippen LogP contribution in [0.3, 0.4) is 0 Å². The lowest BCUT2D eigenvalue weighted by atomic mass is 9.98. The smallest absolute Gasteiger partial charge is 0.407 e. The van der Waals surface area contributed by atoms with Crippen molar-refractivity contribution in [3.63, 3.8) is 0 Å². The molecule has 168 valence electrons. The Bertz CT molecular complexity index is 987. The quantitative estimate of drug-likeness (QED) is 0.555. The van der Waals surface area contributed by atoms with Crippen LogP contribution >= 0.6 is 0 Å². The molecular weight excluding hydrogens is 412 g/mol. The molecule has 0 aliphatic heterocycles. The molecule has 2 aromatic rings. The highest BCUT2D eigenvalue weighted by Gasteiger charge is 2.46. The Morgan fingerprint density at radius 2 is 1.66 bits per heavy atom. The fraction of sp³-hybridized carbons (Fsp3) is 0.375. The minimum absolute atomic E-state index is 0.0337. The van der Waals surface area contributed by atoms with Crippen LogP contribution in [-0.4, -0.2) is 55.0 Å². The molecule has 2 amide bonds. The molecule has 0 aromatic heterocycles. The van der Waals surface area contributed by atoms with Crippen molar-refractivity contribution in [2.45, 2.75) is 36.8 Å². The molecule has 0 bridgehead atoms. The third-order valence-electron chi connectivity index (χ3n) is 6.11. The normalized spacial score (nSPS) is 16.4. The summed E-state index contributed by atoms with van der Waals surface area (Å²) in [5.41, 5.74) is 3.94. The van der Waals surface area contributed by atoms with Gasteiger partial charge in [-0.2, -0.15) is 0 Å². The fourth-order valence-corrected chi connectivity index (χ4v) is 4.20. The van der Waals surface area contributed by atoms with E-state index in [4.69, 9.17) is 14.6 Å². The Balaban J connectivity index is 1.31. The van der Waals surface area contributed by atoms with E-state index in [9.17, 15) is 14.4 Å². The van der Waals surface area contributed by atoms with Gasteiger partial charge in [0, 0.05) is 19.4 Å². The molecule has 2 aliphatic carbocycles. The molecule has 1 atom stereocenters. The molecule has 0 spiro atoms. The van der Waals surface area contributed by atoms with Gasteiger partial charge in [-0.1, -0.05) is 48.5 Å². The second-order valence-corrected chi connectivity index (χ2v) is 8.27. The molecule has 32 heavy (non-hydrogen) atoms. The first-order chi connectivity index (χ1) is 15.4. The number of carboxylic acids is 1. The summed E-state index contributed by atoms with van der Waals surface area (Å²) >= 11 is 0. The van der Waals surface area contributed by atoms with E-state index in [2.05, 4.69) is 34.9 Å². The monoisotopic (exact) mass is 438 g/mol. The summed E-state index contributed by atoms with van der Waals surface area (Å²) in [6, 6.07) is 16.2. The number of aliphatic carboxylic acids is 1. The third kappa shape index (κ3) is 4.60. The number of hydrogen-bond donors (Lipinski definition) is 3. The van der Waals surface area contributed by atoms with Crippen LogP contribution in [0.1, 0.15) is 36.3 Å². The molecule has 2 aromatic carbocycles. The Morgan fingerprint density at radius 1 is 1.06 bits per heavy atom. The van der Waals surface area contributed by atoms with Crippen LogP contribution in [0.4, 0.5) is 4.79 Å². The third-order valence-corrected chi connectivity index (χ3v) is 6.11. The standard InChI is InChI=1S/C24H26N2O6/c1-31-20(22(28)29)13-25-21(27)12-24(10-11-24)26-23(30)32-14-19-17-8-4-2-6-15(17)16-7-3-5-9-18(16)19/h2-9,19-20H,10-14H2,1H3,(H,25,27)(H,26,30)(H,28,29). The highest BCUT2D eigenvalue weighted by atomic mass is 16.5. The molecule has 8 nitrogen and oxygen atoms in total. The first-order valence-corrected chi connectivity index (χ1v) is 10.6. The van der Waals surface area contributed by atoms with Gasteiger partial charge >= 0.3 is 12.1 Å². The van der Waals surface area contributed by atoms with Crippen molar-refractivity contribution in [3.8, 4) is 11.1 Å². The molecule has 4 rings (SSSR count). The summed E-state index contributed by atoms with van der Waals surface area (Å²) in [5, 5.41) is 14.3. The van der Waals surface area contributed by atoms with Gasteiger partial charge in [-0.15, -0.1) is 0 Å². The first kappa shape index (κ1) is 21.8. The number of carbonyl (C=O) groups is 3. The van der Waals surface area contributed by atoms with E-state index in [1.807, 2.05) is 24.3 Å². The average molecular weight is 438 g/mol. The lowest BCUT2D eigenvalue weighted by Gasteiger charge is -2.19. The van der Waals surface area contributed by atoms with Crippen LogP contribution in [0, 0.1) is 0 Å². The molecule has 0 heterocycles. The lowest BCUT2D eigenvalue weighted by molar-refractivity contribution is -0.148. The number of nitrogens with one attached hydrogen (secondary N) is 2. The summed E-state index contributed by atoms with van der Waals surface area (Å²) in [6.45, 7) is 0.0714. The maximum absolute atomic E-state index is 12.5. The number of rotatable bonds is 9. The predicted molar refractivity (Wildman–Crippen MR) is 116 cm³/mol. The topological polar surface area (TPSA) is 114 Å². The van der Waals surface area contributed by atoms with Gasteiger partial charge in [-0.3, -0.25) is 4.79 Å². The molecular formula is C24H26N2O6. The van der Waals surface area contributed by atoms with E-state index < -0.39 is 23.7 Å². The van der Waals surface area contributed by atoms with E-state index in [0.29, 0.717) is 12.8 Å². The largest absolute Gasteiger partial charge is 0.479 e. The summed E-state index contributed by atoms with van der Waals surface area (Å²) in [7, 11) is 1.27. The van der Waals surface area contributed by atoms with Crippen molar-refractivity contribution < 1.29 is 29.0 Å². The van der Waals surface area contributed by atoms with Gasteiger partial charge in [-0.05, 0) is 35.1 Å². The Hall–Kier alpha value is -3.39. The van der Waals surface area contributed by atoms with Gasteiger partial charge in [0.25, 0.3) is 0 Å². The number of fused-ring (bicyclic) bond motifs is 3. The Kier molecular flexibility index (Phi) is 6.14. The van der Waals surface area contributed by atoms with Gasteiger partial charge in [0.15, 0.2) is 6.10 Å². The Morgan fingerprint density at radius 3 is 2.19 bits per heavy atom. The minimum atomic E-state index is -1.15. The maximum Gasteiger partial charge on any atom is 0.407 e. The van der Waals surface area contributed by atoms with Crippen LogP contribution in [0.2, 0.25) is 0 Å². The molecule has 3 N–H and O–H groups in total. The van der Waals surface area contributed by atoms with Gasteiger partial charge < -0.3 is 25.2 Å². The van der Waals surface area contributed by atoms with Crippen molar-refractivity contribution in [1.82, 2.24) is 10.6 Å². The van der Waals surface area contributed by atoms with Gasteiger partial charge in [0.1, 0.15) is 6.61 Å². The molecule has 0 saturated heterocycles. The van der Waals surface area contributed by atoms with Gasteiger partial charge in [-0.25, -0.2) is 9.59 Å². The molecule has 2 aliphatic rings. The predicted octanol–water partition coefficient (Wildman–Crippen LogP) is 2.66. The zero-order chi connectivity index (χ0) is 22.7. The maximum atomic E-state index is 12.5.